The maximum absolute atomic E-state index is 12.5. The second kappa shape index (κ2) is 6.23. The SMILES string of the molecule is Cc1ccc(-c2nc(C(N)=O)c3[nH]c(=O)n(Cc4ccccc4)c3n2)s1. The fourth-order valence-corrected chi connectivity index (χ4v) is 3.59. The largest absolute Gasteiger partial charge is 0.364 e. The van der Waals surface area contributed by atoms with Crippen molar-refractivity contribution in [3.63, 3.8) is 0 Å². The number of hydrogen-bond donors (Lipinski definition) is 2. The number of nitrogens with one attached hydrogen (secondary N) is 1. The number of amides is 1. The molecule has 1 amide bonds. The van der Waals surface area contributed by atoms with Gasteiger partial charge in [0.2, 0.25) is 0 Å². The Morgan fingerprint density at radius 3 is 2.62 bits per heavy atom. The van der Waals surface area contributed by atoms with Crippen molar-refractivity contribution in [2.45, 2.75) is 13.5 Å². The highest BCUT2D eigenvalue weighted by Crippen LogP contribution is 2.26. The number of aromatic nitrogens is 4. The average molecular weight is 365 g/mol. The number of hydrogen-bond acceptors (Lipinski definition) is 5. The van der Waals surface area contributed by atoms with Gasteiger partial charge < -0.3 is 10.7 Å². The van der Waals surface area contributed by atoms with Gasteiger partial charge in [0.05, 0.1) is 11.4 Å². The van der Waals surface area contributed by atoms with Crippen molar-refractivity contribution >= 4 is 28.4 Å². The first-order valence-electron chi connectivity index (χ1n) is 7.94. The number of rotatable bonds is 4. The number of benzene rings is 1. The molecular formula is C18H15N5O2S. The van der Waals surface area contributed by atoms with Crippen LogP contribution in [0.5, 0.6) is 0 Å². The van der Waals surface area contributed by atoms with Crippen molar-refractivity contribution in [2.75, 3.05) is 0 Å². The van der Waals surface area contributed by atoms with Crippen LogP contribution in [0.15, 0.2) is 47.3 Å². The normalized spacial score (nSPS) is 11.1. The Morgan fingerprint density at radius 1 is 1.19 bits per heavy atom. The molecule has 0 radical (unpaired) electrons. The number of aryl methyl sites for hydroxylation is 1. The third-order valence-corrected chi connectivity index (χ3v) is 5.00. The summed E-state index contributed by atoms with van der Waals surface area (Å²) in [6.07, 6.45) is 0. The van der Waals surface area contributed by atoms with E-state index in [0.717, 1.165) is 15.3 Å². The molecule has 0 aliphatic carbocycles. The van der Waals surface area contributed by atoms with Crippen molar-refractivity contribution in [1.29, 1.82) is 0 Å². The van der Waals surface area contributed by atoms with Crippen molar-refractivity contribution < 1.29 is 4.79 Å². The maximum atomic E-state index is 12.5. The molecule has 1 aromatic carbocycles. The first kappa shape index (κ1) is 16.2. The molecule has 8 heteroatoms. The average Bonchev–Trinajstić information content (AvgIpc) is 3.19. The van der Waals surface area contributed by atoms with Gasteiger partial charge in [-0.25, -0.2) is 14.8 Å². The minimum Gasteiger partial charge on any atom is -0.364 e. The van der Waals surface area contributed by atoms with E-state index >= 15 is 0 Å². The van der Waals surface area contributed by atoms with Gasteiger partial charge in [0, 0.05) is 4.88 Å². The summed E-state index contributed by atoms with van der Waals surface area (Å²) in [7, 11) is 0. The number of nitrogens with zero attached hydrogens (tertiary/aromatic N) is 3. The van der Waals surface area contributed by atoms with Crippen LogP contribution >= 0.6 is 11.3 Å². The molecule has 0 spiro atoms. The van der Waals surface area contributed by atoms with Crippen LogP contribution < -0.4 is 11.4 Å². The maximum Gasteiger partial charge on any atom is 0.328 e. The van der Waals surface area contributed by atoms with Gasteiger partial charge in [-0.15, -0.1) is 11.3 Å². The summed E-state index contributed by atoms with van der Waals surface area (Å²) in [5.74, 6) is -0.328. The van der Waals surface area contributed by atoms with Crippen LogP contribution in [-0.4, -0.2) is 25.4 Å². The first-order valence-corrected chi connectivity index (χ1v) is 8.75. The fraction of sp³-hybridized carbons (Fsp3) is 0.111. The van der Waals surface area contributed by atoms with Crippen molar-refractivity contribution in [3.8, 4) is 10.7 Å². The number of carbonyl (C=O) groups is 1. The molecule has 3 heterocycles. The van der Waals surface area contributed by atoms with Crippen molar-refractivity contribution in [1.82, 2.24) is 19.5 Å². The summed E-state index contributed by atoms with van der Waals surface area (Å²) >= 11 is 1.51. The second-order valence-corrected chi connectivity index (χ2v) is 7.16. The third-order valence-electron chi connectivity index (χ3n) is 4.00. The van der Waals surface area contributed by atoms with Gasteiger partial charge in [0.15, 0.2) is 17.2 Å². The van der Waals surface area contributed by atoms with Gasteiger partial charge in [-0.2, -0.15) is 0 Å². The monoisotopic (exact) mass is 365 g/mol. The molecule has 0 fully saturated rings. The molecule has 0 saturated heterocycles. The summed E-state index contributed by atoms with van der Waals surface area (Å²) in [5.41, 5.74) is 6.71. The Hall–Kier alpha value is -3.26. The first-order chi connectivity index (χ1) is 12.5. The van der Waals surface area contributed by atoms with Crippen LogP contribution in [0.2, 0.25) is 0 Å². The molecule has 130 valence electrons. The molecule has 0 atom stereocenters. The molecule has 26 heavy (non-hydrogen) atoms. The smallest absolute Gasteiger partial charge is 0.328 e. The van der Waals surface area contributed by atoms with Gasteiger partial charge >= 0.3 is 5.69 Å². The van der Waals surface area contributed by atoms with E-state index in [1.165, 1.54) is 15.9 Å². The van der Waals surface area contributed by atoms with Crippen LogP contribution in [0.4, 0.5) is 0 Å². The molecule has 0 unspecified atom stereocenters. The van der Waals surface area contributed by atoms with E-state index in [9.17, 15) is 9.59 Å². The number of imidazole rings is 1. The summed E-state index contributed by atoms with van der Waals surface area (Å²) in [6.45, 7) is 2.31. The number of fused-ring (bicyclic) bond motifs is 1. The lowest BCUT2D eigenvalue weighted by molar-refractivity contribution is 0.0997. The number of H-pyrrole nitrogens is 1. The lowest BCUT2D eigenvalue weighted by Gasteiger charge is -2.05. The van der Waals surface area contributed by atoms with Crippen LogP contribution in [0.25, 0.3) is 21.9 Å². The molecule has 4 rings (SSSR count). The highest BCUT2D eigenvalue weighted by molar-refractivity contribution is 7.15. The Morgan fingerprint density at radius 2 is 1.96 bits per heavy atom. The van der Waals surface area contributed by atoms with Crippen molar-refractivity contribution in [3.05, 3.63) is 69.1 Å². The Balaban J connectivity index is 1.95. The van der Waals surface area contributed by atoms with Gasteiger partial charge in [0.1, 0.15) is 5.52 Å². The molecule has 0 aliphatic rings. The fourth-order valence-electron chi connectivity index (χ4n) is 2.79. The lowest BCUT2D eigenvalue weighted by Crippen LogP contribution is -2.17. The van der Waals surface area contributed by atoms with Crippen LogP contribution in [0, 0.1) is 6.92 Å². The minimum absolute atomic E-state index is 0.0139. The van der Waals surface area contributed by atoms with Crippen molar-refractivity contribution in [2.24, 2.45) is 5.73 Å². The van der Waals surface area contributed by atoms with E-state index in [2.05, 4.69) is 15.0 Å². The highest BCUT2D eigenvalue weighted by atomic mass is 32.1. The molecule has 3 N–H and O–H groups in total. The number of thiophene rings is 1. The molecule has 0 aliphatic heterocycles. The Bertz CT molecular complexity index is 1170. The zero-order valence-corrected chi connectivity index (χ0v) is 14.7. The van der Waals surface area contributed by atoms with Gasteiger partial charge in [0.25, 0.3) is 5.91 Å². The van der Waals surface area contributed by atoms with Crippen LogP contribution in [0.3, 0.4) is 0 Å². The summed E-state index contributed by atoms with van der Waals surface area (Å²) in [6, 6.07) is 13.4. The minimum atomic E-state index is -0.708. The third kappa shape index (κ3) is 2.80. The summed E-state index contributed by atoms with van der Waals surface area (Å²) in [4.78, 5) is 37.8. The van der Waals surface area contributed by atoms with Gasteiger partial charge in [-0.3, -0.25) is 9.36 Å². The van der Waals surface area contributed by atoms with E-state index in [-0.39, 0.29) is 16.9 Å². The van der Waals surface area contributed by atoms with Gasteiger partial charge in [-0.05, 0) is 24.6 Å². The highest BCUT2D eigenvalue weighted by Gasteiger charge is 2.20. The van der Waals surface area contributed by atoms with Crippen LogP contribution in [0.1, 0.15) is 20.9 Å². The predicted molar refractivity (Wildman–Crippen MR) is 100 cm³/mol. The number of aromatic amines is 1. The predicted octanol–water partition coefficient (Wildman–Crippen LogP) is 2.30. The van der Waals surface area contributed by atoms with E-state index < -0.39 is 5.91 Å². The molecule has 0 saturated carbocycles. The number of nitrogens with two attached hydrogens (primary N) is 1. The van der Waals surface area contributed by atoms with E-state index in [1.54, 1.807) is 0 Å². The summed E-state index contributed by atoms with van der Waals surface area (Å²) < 4.78 is 1.49. The zero-order valence-electron chi connectivity index (χ0n) is 13.9. The van der Waals surface area contributed by atoms with E-state index in [0.29, 0.717) is 18.0 Å². The second-order valence-electron chi connectivity index (χ2n) is 5.87. The topological polar surface area (TPSA) is 107 Å². The quantitative estimate of drug-likeness (QED) is 0.579. The Labute approximate surface area is 152 Å². The molecule has 0 bridgehead atoms. The Kier molecular flexibility index (Phi) is 3.89. The zero-order chi connectivity index (χ0) is 18.3. The standard InChI is InChI=1S/C18H15N5O2S/c1-10-7-8-12(26-10)16-20-13(15(19)24)14-17(22-16)23(18(25)21-14)9-11-5-3-2-4-6-11/h2-8H,9H2,1H3,(H2,19,24)(H,21,25). The van der Waals surface area contributed by atoms with Gasteiger partial charge in [-0.1, -0.05) is 30.3 Å². The lowest BCUT2D eigenvalue weighted by atomic mass is 10.2. The number of primary amides is 1. The van der Waals surface area contributed by atoms with Crippen LogP contribution in [-0.2, 0) is 6.54 Å². The molecule has 4 aromatic rings. The molecule has 7 nitrogen and oxygen atoms in total. The summed E-state index contributed by atoms with van der Waals surface area (Å²) in [5, 5.41) is 0. The number of carbonyl (C=O) groups excluding carboxylic acids is 1. The van der Waals surface area contributed by atoms with E-state index in [1.807, 2.05) is 49.4 Å². The van der Waals surface area contributed by atoms with E-state index in [4.69, 9.17) is 5.73 Å². The molecule has 3 aromatic heterocycles. The molecular weight excluding hydrogens is 350 g/mol.